The molecule has 2 fully saturated rings. The van der Waals surface area contributed by atoms with E-state index in [1.807, 2.05) is 42.2 Å². The van der Waals surface area contributed by atoms with E-state index in [9.17, 15) is 18.3 Å². The molecule has 2 saturated heterocycles. The molecule has 0 radical (unpaired) electrons. The highest BCUT2D eigenvalue weighted by atomic mass is 32.2. The minimum atomic E-state index is -3.64. The summed E-state index contributed by atoms with van der Waals surface area (Å²) in [4.78, 5) is 15.6. The SMILES string of the molecule is CC(O)C(=O)N1CCN(c2ccc(CN3[C@@H](C)CCC(c4ccccc4)S3(=O)=O)c(F)c2)CC1. The van der Waals surface area contributed by atoms with Crippen LogP contribution >= 0.6 is 0 Å². The quantitative estimate of drug-likeness (QED) is 0.699. The first-order chi connectivity index (χ1) is 16.2. The van der Waals surface area contributed by atoms with Crippen molar-refractivity contribution in [2.24, 2.45) is 0 Å². The molecule has 9 heteroatoms. The highest BCUT2D eigenvalue weighted by molar-refractivity contribution is 7.89. The highest BCUT2D eigenvalue weighted by Crippen LogP contribution is 2.38. The minimum absolute atomic E-state index is 0.00435. The average molecular weight is 490 g/mol. The van der Waals surface area contributed by atoms with Gasteiger partial charge >= 0.3 is 0 Å². The molecule has 34 heavy (non-hydrogen) atoms. The number of halogens is 1. The number of rotatable bonds is 5. The minimum Gasteiger partial charge on any atom is -0.384 e. The van der Waals surface area contributed by atoms with Gasteiger partial charge in [-0.05, 0) is 44.4 Å². The number of amides is 1. The first kappa shape index (κ1) is 24.6. The van der Waals surface area contributed by atoms with Gasteiger partial charge in [-0.3, -0.25) is 4.79 Å². The van der Waals surface area contributed by atoms with Gasteiger partial charge in [0.05, 0.1) is 0 Å². The summed E-state index contributed by atoms with van der Waals surface area (Å²) in [6, 6.07) is 13.9. The molecule has 3 atom stereocenters. The van der Waals surface area contributed by atoms with E-state index < -0.39 is 27.2 Å². The van der Waals surface area contributed by atoms with Gasteiger partial charge < -0.3 is 14.9 Å². The molecule has 0 saturated carbocycles. The lowest BCUT2D eigenvalue weighted by Gasteiger charge is -2.38. The number of aliphatic hydroxyl groups excluding tert-OH is 1. The Labute approximate surface area is 200 Å². The fourth-order valence-electron chi connectivity index (χ4n) is 4.83. The molecule has 1 amide bonds. The molecular formula is C25H32FN3O4S. The van der Waals surface area contributed by atoms with Gasteiger partial charge in [-0.25, -0.2) is 12.8 Å². The summed E-state index contributed by atoms with van der Waals surface area (Å²) in [6.07, 6.45) is 0.237. The fraction of sp³-hybridized carbons (Fsp3) is 0.480. The Morgan fingerprint density at radius 2 is 1.76 bits per heavy atom. The van der Waals surface area contributed by atoms with Gasteiger partial charge in [0, 0.05) is 50.0 Å². The lowest BCUT2D eigenvalue weighted by Crippen LogP contribution is -2.51. The molecule has 2 aromatic carbocycles. The normalized spacial score (nSPS) is 24.1. The number of hydrogen-bond acceptors (Lipinski definition) is 5. The van der Waals surface area contributed by atoms with Gasteiger partial charge in [0.2, 0.25) is 10.0 Å². The van der Waals surface area contributed by atoms with Gasteiger partial charge in [0.1, 0.15) is 17.2 Å². The summed E-state index contributed by atoms with van der Waals surface area (Å²) in [5.41, 5.74) is 1.81. The van der Waals surface area contributed by atoms with Crippen molar-refractivity contribution in [3.8, 4) is 0 Å². The summed E-state index contributed by atoms with van der Waals surface area (Å²) in [6.45, 7) is 5.30. The molecule has 2 aliphatic heterocycles. The summed E-state index contributed by atoms with van der Waals surface area (Å²) in [5, 5.41) is 8.88. The maximum atomic E-state index is 15.1. The molecule has 0 aliphatic carbocycles. The predicted molar refractivity (Wildman–Crippen MR) is 129 cm³/mol. The van der Waals surface area contributed by atoms with E-state index in [0.29, 0.717) is 50.3 Å². The summed E-state index contributed by atoms with van der Waals surface area (Å²) < 4.78 is 43.4. The van der Waals surface area contributed by atoms with Gasteiger partial charge in [0.15, 0.2) is 0 Å². The molecule has 4 rings (SSSR count). The van der Waals surface area contributed by atoms with Crippen LogP contribution in [0.1, 0.15) is 43.1 Å². The molecule has 0 spiro atoms. The number of aliphatic hydroxyl groups is 1. The third-order valence-corrected chi connectivity index (χ3v) is 9.24. The number of anilines is 1. The van der Waals surface area contributed by atoms with E-state index >= 15 is 4.39 Å². The Morgan fingerprint density at radius 1 is 1.09 bits per heavy atom. The number of carbonyl (C=O) groups is 1. The zero-order valence-electron chi connectivity index (χ0n) is 19.6. The van der Waals surface area contributed by atoms with Crippen LogP contribution in [-0.2, 0) is 21.4 Å². The van der Waals surface area contributed by atoms with Crippen LogP contribution in [0.2, 0.25) is 0 Å². The van der Waals surface area contributed by atoms with Crippen molar-refractivity contribution in [2.75, 3.05) is 31.1 Å². The maximum absolute atomic E-state index is 15.1. The zero-order valence-corrected chi connectivity index (χ0v) is 20.4. The van der Waals surface area contributed by atoms with Gasteiger partial charge in [0.25, 0.3) is 5.91 Å². The maximum Gasteiger partial charge on any atom is 0.251 e. The highest BCUT2D eigenvalue weighted by Gasteiger charge is 2.40. The van der Waals surface area contributed by atoms with E-state index in [-0.39, 0.29) is 18.5 Å². The number of piperazine rings is 1. The molecular weight excluding hydrogens is 457 g/mol. The molecule has 0 bridgehead atoms. The van der Waals surface area contributed by atoms with Crippen molar-refractivity contribution in [3.05, 3.63) is 65.5 Å². The monoisotopic (exact) mass is 489 g/mol. The predicted octanol–water partition coefficient (Wildman–Crippen LogP) is 2.91. The van der Waals surface area contributed by atoms with Gasteiger partial charge in [-0.2, -0.15) is 4.31 Å². The molecule has 2 heterocycles. The third kappa shape index (κ3) is 4.96. The van der Waals surface area contributed by atoms with E-state index in [0.717, 1.165) is 5.56 Å². The van der Waals surface area contributed by atoms with Crippen LogP contribution < -0.4 is 4.90 Å². The Balaban J connectivity index is 1.47. The summed E-state index contributed by atoms with van der Waals surface area (Å²) in [7, 11) is -3.64. The van der Waals surface area contributed by atoms with Gasteiger partial charge in [-0.15, -0.1) is 0 Å². The third-order valence-electron chi connectivity index (χ3n) is 6.87. The molecule has 2 aliphatic rings. The average Bonchev–Trinajstić information content (AvgIpc) is 2.82. The van der Waals surface area contributed by atoms with Crippen LogP contribution in [0.15, 0.2) is 48.5 Å². The molecule has 1 N–H and O–H groups in total. The Morgan fingerprint density at radius 3 is 2.38 bits per heavy atom. The van der Waals surface area contributed by atoms with Crippen LogP contribution in [-0.4, -0.2) is 67.0 Å². The zero-order chi connectivity index (χ0) is 24.5. The second kappa shape index (κ2) is 10.0. The summed E-state index contributed by atoms with van der Waals surface area (Å²) in [5.74, 6) is -0.740. The number of sulfonamides is 1. The van der Waals surface area contributed by atoms with Crippen LogP contribution in [0.25, 0.3) is 0 Å². The van der Waals surface area contributed by atoms with Crippen LogP contribution in [0.4, 0.5) is 10.1 Å². The van der Waals surface area contributed by atoms with Crippen LogP contribution in [0.5, 0.6) is 0 Å². The van der Waals surface area contributed by atoms with E-state index in [1.54, 1.807) is 17.0 Å². The second-order valence-corrected chi connectivity index (χ2v) is 11.2. The first-order valence-electron chi connectivity index (χ1n) is 11.7. The topological polar surface area (TPSA) is 81.2 Å². The van der Waals surface area contributed by atoms with E-state index in [1.165, 1.54) is 17.3 Å². The molecule has 0 aromatic heterocycles. The lowest BCUT2D eigenvalue weighted by molar-refractivity contribution is -0.139. The molecule has 184 valence electrons. The summed E-state index contributed by atoms with van der Waals surface area (Å²) >= 11 is 0. The number of benzene rings is 2. The fourth-order valence-corrected chi connectivity index (χ4v) is 7.02. The standard InChI is InChI=1S/C25H32FN3O4S/c1-18-8-11-24(20-6-4-3-5-7-20)34(32,33)29(18)17-21-9-10-22(16-23(21)26)27-12-14-28(15-13-27)25(31)19(2)30/h3-7,9-10,16,18-19,24,30H,8,11-15,17H2,1-2H3/t18-,19?,24?/m0/s1. The van der Waals surface area contributed by atoms with Crippen LogP contribution in [0.3, 0.4) is 0 Å². The van der Waals surface area contributed by atoms with Crippen molar-refractivity contribution < 1.29 is 22.7 Å². The van der Waals surface area contributed by atoms with E-state index in [2.05, 4.69) is 0 Å². The smallest absolute Gasteiger partial charge is 0.251 e. The largest absolute Gasteiger partial charge is 0.384 e. The number of carbonyl (C=O) groups excluding carboxylic acids is 1. The van der Waals surface area contributed by atoms with E-state index in [4.69, 9.17) is 0 Å². The molecule has 2 aromatic rings. The van der Waals surface area contributed by atoms with Crippen molar-refractivity contribution in [1.82, 2.24) is 9.21 Å². The van der Waals surface area contributed by atoms with Crippen LogP contribution in [0, 0.1) is 5.82 Å². The Bertz CT molecular complexity index is 1120. The van der Waals surface area contributed by atoms with Crippen molar-refractivity contribution >= 4 is 21.6 Å². The molecule has 7 nitrogen and oxygen atoms in total. The number of hydrogen-bond donors (Lipinski definition) is 1. The van der Waals surface area contributed by atoms with Gasteiger partial charge in [-0.1, -0.05) is 36.4 Å². The second-order valence-electron chi connectivity index (χ2n) is 9.18. The van der Waals surface area contributed by atoms with Crippen molar-refractivity contribution in [1.29, 1.82) is 0 Å². The lowest BCUT2D eigenvalue weighted by atomic mass is 10.0. The Hall–Kier alpha value is -2.49. The van der Waals surface area contributed by atoms with Crippen molar-refractivity contribution in [3.63, 3.8) is 0 Å². The number of nitrogens with zero attached hydrogens (tertiary/aromatic N) is 3. The Kier molecular flexibility index (Phi) is 7.25. The van der Waals surface area contributed by atoms with Crippen molar-refractivity contribution in [2.45, 2.75) is 50.6 Å². The first-order valence-corrected chi connectivity index (χ1v) is 13.2. The molecule has 2 unspecified atom stereocenters.